The molecule has 1 saturated heterocycles. The third kappa shape index (κ3) is 4.25. The fraction of sp³-hybridized carbons (Fsp3) is 0.304. The number of para-hydroxylation sites is 1. The Hall–Kier alpha value is -3.48. The molecule has 154 valence electrons. The van der Waals surface area contributed by atoms with E-state index in [1.165, 1.54) is 0 Å². The van der Waals surface area contributed by atoms with Crippen LogP contribution in [0.1, 0.15) is 30.8 Å². The molecule has 3 aromatic rings. The van der Waals surface area contributed by atoms with Gasteiger partial charge in [-0.05, 0) is 31.0 Å². The second-order valence-corrected chi connectivity index (χ2v) is 7.52. The average Bonchev–Trinajstić information content (AvgIpc) is 3.13. The number of benzene rings is 2. The van der Waals surface area contributed by atoms with Gasteiger partial charge in [-0.1, -0.05) is 42.5 Å². The molecule has 2 aromatic carbocycles. The number of rotatable bonds is 6. The lowest BCUT2D eigenvalue weighted by atomic mass is 10.1. The topological polar surface area (TPSA) is 92.4 Å². The van der Waals surface area contributed by atoms with Crippen molar-refractivity contribution < 1.29 is 14.3 Å². The highest BCUT2D eigenvalue weighted by Crippen LogP contribution is 2.23. The molecule has 0 unspecified atom stereocenters. The standard InChI is InChI=1S/C23H23N3O4/c1-15(21-24-19-10-6-5-9-18(19)22(28)25-21)30-23(29)17-13-20(27)26(14-17)12-11-16-7-3-2-4-8-16/h2-10,15,17H,11-14H2,1H3,(H,24,25,28)/t15-,17+/m0/s1. The second-order valence-electron chi connectivity index (χ2n) is 7.52. The van der Waals surface area contributed by atoms with Gasteiger partial charge in [0.25, 0.3) is 5.56 Å². The van der Waals surface area contributed by atoms with Crippen molar-refractivity contribution in [2.24, 2.45) is 5.92 Å². The minimum Gasteiger partial charge on any atom is -0.454 e. The maximum Gasteiger partial charge on any atom is 0.311 e. The Bertz CT molecular complexity index is 1130. The Morgan fingerprint density at radius 1 is 1.17 bits per heavy atom. The number of amides is 1. The number of ether oxygens (including phenoxy) is 1. The highest BCUT2D eigenvalue weighted by Gasteiger charge is 2.36. The summed E-state index contributed by atoms with van der Waals surface area (Å²) in [4.78, 5) is 46.0. The Morgan fingerprint density at radius 3 is 2.70 bits per heavy atom. The van der Waals surface area contributed by atoms with E-state index in [1.807, 2.05) is 30.3 Å². The first kappa shape index (κ1) is 19.8. The van der Waals surface area contributed by atoms with Crippen molar-refractivity contribution in [3.8, 4) is 0 Å². The molecule has 0 spiro atoms. The van der Waals surface area contributed by atoms with Crippen molar-refractivity contribution in [1.29, 1.82) is 0 Å². The fourth-order valence-electron chi connectivity index (χ4n) is 3.68. The largest absolute Gasteiger partial charge is 0.454 e. The molecule has 1 aliphatic rings. The van der Waals surface area contributed by atoms with Crippen molar-refractivity contribution in [3.05, 3.63) is 76.3 Å². The summed E-state index contributed by atoms with van der Waals surface area (Å²) in [5.41, 5.74) is 1.42. The van der Waals surface area contributed by atoms with Gasteiger partial charge in [0.1, 0.15) is 0 Å². The predicted molar refractivity (Wildman–Crippen MR) is 112 cm³/mol. The van der Waals surface area contributed by atoms with Crippen molar-refractivity contribution in [2.45, 2.75) is 25.9 Å². The maximum absolute atomic E-state index is 12.6. The number of esters is 1. The van der Waals surface area contributed by atoms with Crippen molar-refractivity contribution >= 4 is 22.8 Å². The summed E-state index contributed by atoms with van der Waals surface area (Å²) in [7, 11) is 0. The Labute approximate surface area is 173 Å². The Balaban J connectivity index is 1.38. The number of nitrogens with one attached hydrogen (secondary N) is 1. The van der Waals surface area contributed by atoms with Crippen LogP contribution in [0.15, 0.2) is 59.4 Å². The maximum atomic E-state index is 12.6. The first-order valence-corrected chi connectivity index (χ1v) is 10.0. The number of aromatic nitrogens is 2. The molecule has 0 radical (unpaired) electrons. The molecule has 1 fully saturated rings. The van der Waals surface area contributed by atoms with Gasteiger partial charge >= 0.3 is 5.97 Å². The van der Waals surface area contributed by atoms with Crippen LogP contribution in [0.4, 0.5) is 0 Å². The van der Waals surface area contributed by atoms with Crippen molar-refractivity contribution in [3.63, 3.8) is 0 Å². The Morgan fingerprint density at radius 2 is 1.90 bits per heavy atom. The molecule has 0 bridgehead atoms. The summed E-state index contributed by atoms with van der Waals surface area (Å²) in [5, 5.41) is 0.482. The normalized spacial score (nSPS) is 17.3. The van der Waals surface area contributed by atoms with E-state index in [-0.39, 0.29) is 23.7 Å². The van der Waals surface area contributed by atoms with Gasteiger partial charge in [0.15, 0.2) is 11.9 Å². The van der Waals surface area contributed by atoms with Crippen LogP contribution in [0.3, 0.4) is 0 Å². The summed E-state index contributed by atoms with van der Waals surface area (Å²) >= 11 is 0. The molecule has 1 aromatic heterocycles. The summed E-state index contributed by atoms with van der Waals surface area (Å²) in [6.45, 7) is 2.58. The van der Waals surface area contributed by atoms with Crippen LogP contribution < -0.4 is 5.56 Å². The monoisotopic (exact) mass is 405 g/mol. The number of carbonyl (C=O) groups excluding carboxylic acids is 2. The van der Waals surface area contributed by atoms with Gasteiger partial charge in [0, 0.05) is 19.5 Å². The SMILES string of the molecule is C[C@H](OC(=O)[C@@H]1CC(=O)N(CCc2ccccc2)C1)c1nc2ccccc2c(=O)[nH]1. The summed E-state index contributed by atoms with van der Waals surface area (Å²) < 4.78 is 5.53. The minimum atomic E-state index is -0.719. The lowest BCUT2D eigenvalue weighted by Gasteiger charge is -2.18. The van der Waals surface area contributed by atoms with Gasteiger partial charge in [-0.15, -0.1) is 0 Å². The van der Waals surface area contributed by atoms with Crippen LogP contribution in [-0.4, -0.2) is 39.8 Å². The summed E-state index contributed by atoms with van der Waals surface area (Å²) in [5.74, 6) is -0.716. The van der Waals surface area contributed by atoms with Crippen molar-refractivity contribution in [1.82, 2.24) is 14.9 Å². The van der Waals surface area contributed by atoms with Crippen LogP contribution >= 0.6 is 0 Å². The number of nitrogens with zero attached hydrogens (tertiary/aromatic N) is 2. The molecule has 0 aliphatic carbocycles. The van der Waals surface area contributed by atoms with Crippen LogP contribution in [0.25, 0.3) is 10.9 Å². The molecular weight excluding hydrogens is 382 g/mol. The van der Waals surface area contributed by atoms with Crippen LogP contribution in [-0.2, 0) is 20.7 Å². The lowest BCUT2D eigenvalue weighted by molar-refractivity contribution is -0.153. The van der Waals surface area contributed by atoms with Crippen LogP contribution in [0.2, 0.25) is 0 Å². The number of H-pyrrole nitrogens is 1. The fourth-order valence-corrected chi connectivity index (χ4v) is 3.68. The number of fused-ring (bicyclic) bond motifs is 1. The van der Waals surface area contributed by atoms with E-state index < -0.39 is 18.0 Å². The zero-order chi connectivity index (χ0) is 21.1. The molecule has 1 amide bonds. The van der Waals surface area contributed by atoms with E-state index >= 15 is 0 Å². The Kier molecular flexibility index (Phi) is 5.61. The molecule has 2 heterocycles. The molecule has 30 heavy (non-hydrogen) atoms. The highest BCUT2D eigenvalue weighted by atomic mass is 16.5. The molecule has 1 N–H and O–H groups in total. The van der Waals surface area contributed by atoms with E-state index in [0.717, 1.165) is 12.0 Å². The molecule has 7 nitrogen and oxygen atoms in total. The first-order chi connectivity index (χ1) is 14.5. The van der Waals surface area contributed by atoms with Crippen molar-refractivity contribution in [2.75, 3.05) is 13.1 Å². The van der Waals surface area contributed by atoms with E-state index in [0.29, 0.717) is 24.0 Å². The average molecular weight is 405 g/mol. The zero-order valence-electron chi connectivity index (χ0n) is 16.7. The van der Waals surface area contributed by atoms with Gasteiger partial charge in [-0.25, -0.2) is 4.98 Å². The summed E-state index contributed by atoms with van der Waals surface area (Å²) in [6, 6.07) is 16.9. The van der Waals surface area contributed by atoms with Gasteiger partial charge in [-0.2, -0.15) is 0 Å². The quantitative estimate of drug-likeness (QED) is 0.637. The van der Waals surface area contributed by atoms with E-state index in [2.05, 4.69) is 9.97 Å². The number of aromatic amines is 1. The number of hydrogen-bond acceptors (Lipinski definition) is 5. The minimum absolute atomic E-state index is 0.0437. The zero-order valence-corrected chi connectivity index (χ0v) is 16.7. The first-order valence-electron chi connectivity index (χ1n) is 10.0. The van der Waals surface area contributed by atoms with E-state index in [9.17, 15) is 14.4 Å². The number of hydrogen-bond donors (Lipinski definition) is 1. The molecule has 0 saturated carbocycles. The molecule has 7 heteroatoms. The van der Waals surface area contributed by atoms with Crippen LogP contribution in [0, 0.1) is 5.92 Å². The number of carbonyl (C=O) groups is 2. The molecule has 2 atom stereocenters. The summed E-state index contributed by atoms with van der Waals surface area (Å²) in [6.07, 6.45) is 0.165. The van der Waals surface area contributed by atoms with E-state index in [4.69, 9.17) is 4.74 Å². The van der Waals surface area contributed by atoms with Gasteiger partial charge in [0.05, 0.1) is 16.8 Å². The second kappa shape index (κ2) is 8.49. The van der Waals surface area contributed by atoms with Gasteiger partial charge in [-0.3, -0.25) is 14.4 Å². The number of likely N-dealkylation sites (tertiary alicyclic amines) is 1. The third-order valence-electron chi connectivity index (χ3n) is 5.37. The third-order valence-corrected chi connectivity index (χ3v) is 5.37. The van der Waals surface area contributed by atoms with E-state index in [1.54, 1.807) is 36.1 Å². The highest BCUT2D eigenvalue weighted by molar-refractivity contribution is 5.87. The smallest absolute Gasteiger partial charge is 0.311 e. The molecule has 1 aliphatic heterocycles. The predicted octanol–water partition coefficient (Wildman–Crippen LogP) is 2.62. The molecule has 4 rings (SSSR count). The van der Waals surface area contributed by atoms with Gasteiger partial charge in [0.2, 0.25) is 5.91 Å². The lowest BCUT2D eigenvalue weighted by Crippen LogP contribution is -2.29. The van der Waals surface area contributed by atoms with Crippen LogP contribution in [0.5, 0.6) is 0 Å². The molecular formula is C23H23N3O4. The van der Waals surface area contributed by atoms with Gasteiger partial charge < -0.3 is 14.6 Å².